The highest BCUT2D eigenvalue weighted by Gasteiger charge is 2.22. The van der Waals surface area contributed by atoms with Gasteiger partial charge in [-0.05, 0) is 37.0 Å². The van der Waals surface area contributed by atoms with E-state index in [-0.39, 0.29) is 13.4 Å². The van der Waals surface area contributed by atoms with Gasteiger partial charge < -0.3 is 19.4 Å². The van der Waals surface area contributed by atoms with Crippen molar-refractivity contribution >= 4 is 28.2 Å². The van der Waals surface area contributed by atoms with E-state index in [0.29, 0.717) is 35.9 Å². The zero-order chi connectivity index (χ0) is 24.5. The number of nitro groups is 1. The molecule has 1 N–H and O–H groups in total. The first kappa shape index (κ1) is 25.1. The number of para-hydroxylation sites is 1. The molecule has 5 rings (SSSR count). The van der Waals surface area contributed by atoms with Gasteiger partial charge in [-0.2, -0.15) is 4.39 Å². The molecule has 0 fully saturated rings. The minimum absolute atomic E-state index is 0. The third-order valence-corrected chi connectivity index (χ3v) is 6.12. The van der Waals surface area contributed by atoms with Crippen LogP contribution in [0, 0.1) is 22.9 Å². The summed E-state index contributed by atoms with van der Waals surface area (Å²) < 4.78 is 27.3. The van der Waals surface area contributed by atoms with Gasteiger partial charge in [0.2, 0.25) is 11.8 Å². The van der Waals surface area contributed by atoms with Crippen LogP contribution in [-0.4, -0.2) is 39.8 Å². The molecule has 4 aromatic rings. The topological polar surface area (TPSA) is 104 Å². The van der Waals surface area contributed by atoms with Crippen LogP contribution in [0.1, 0.15) is 25.0 Å². The summed E-state index contributed by atoms with van der Waals surface area (Å²) in [5, 5.41) is 15.3. The van der Waals surface area contributed by atoms with E-state index in [4.69, 9.17) is 14.5 Å². The van der Waals surface area contributed by atoms with Crippen molar-refractivity contribution < 1.29 is 18.8 Å². The van der Waals surface area contributed by atoms with Crippen molar-refractivity contribution in [3.63, 3.8) is 0 Å². The normalized spacial score (nSPS) is 12.3. The van der Waals surface area contributed by atoms with Gasteiger partial charge in [-0.3, -0.25) is 10.1 Å². The van der Waals surface area contributed by atoms with Crippen LogP contribution in [0.5, 0.6) is 5.75 Å². The van der Waals surface area contributed by atoms with Crippen molar-refractivity contribution in [3.05, 3.63) is 69.8 Å². The summed E-state index contributed by atoms with van der Waals surface area (Å²) >= 11 is 0. The molecule has 0 saturated carbocycles. The number of halogens is 1. The third kappa shape index (κ3) is 4.59. The Morgan fingerprint density at radius 3 is 2.89 bits per heavy atom. The number of hydrogen-bond donors (Lipinski definition) is 1. The molecule has 0 saturated heterocycles. The zero-order valence-corrected chi connectivity index (χ0v) is 19.4. The Hall–Kier alpha value is -4.05. The molecular formula is C26H28FN5O4. The fourth-order valence-corrected chi connectivity index (χ4v) is 4.47. The number of aryl methyl sites for hydroxylation is 3. The maximum atomic E-state index is 14.0. The lowest BCUT2D eigenvalue weighted by molar-refractivity contribution is -0.387. The Kier molecular flexibility index (Phi) is 7.16. The molecule has 0 aliphatic carbocycles. The van der Waals surface area contributed by atoms with E-state index in [1.165, 1.54) is 11.1 Å². The van der Waals surface area contributed by atoms with Gasteiger partial charge in [0.1, 0.15) is 12.3 Å². The fraction of sp³-hybridized carbons (Fsp3) is 0.308. The molecular weight excluding hydrogens is 465 g/mol. The average Bonchev–Trinajstić information content (AvgIpc) is 3.22. The summed E-state index contributed by atoms with van der Waals surface area (Å²) in [6.07, 6.45) is 5.74. The quantitative estimate of drug-likeness (QED) is 0.188. The summed E-state index contributed by atoms with van der Waals surface area (Å²) in [5.74, 6) is -0.177. The second-order valence-corrected chi connectivity index (χ2v) is 8.40. The van der Waals surface area contributed by atoms with Crippen LogP contribution in [-0.2, 0) is 17.7 Å². The van der Waals surface area contributed by atoms with E-state index in [0.717, 1.165) is 42.5 Å². The number of rotatable bonds is 8. The molecule has 0 bridgehead atoms. The number of nitrogens with zero attached hydrogens (tertiary/aromatic N) is 4. The summed E-state index contributed by atoms with van der Waals surface area (Å²) in [7, 11) is 1.60. The first-order valence-electron chi connectivity index (χ1n) is 11.3. The second kappa shape index (κ2) is 10.3. The standard InChI is InChI=1S/C25H24FN5O4.CH4/c1-15-11-19(26)21(31(32)33)12-20(15)28-25-27-13-22(35-10-9-34-2)23(29-25)18-14-30-8-4-6-16-5-3-7-17(18)24(16)30;/h3,5,7,11-14H,4,6,8-10H2,1-2H3,(H,27,28,29);1H4. The minimum atomic E-state index is -0.893. The van der Waals surface area contributed by atoms with Crippen molar-refractivity contribution in [1.82, 2.24) is 14.5 Å². The Morgan fingerprint density at radius 2 is 2.11 bits per heavy atom. The molecule has 3 heterocycles. The van der Waals surface area contributed by atoms with Crippen molar-refractivity contribution in [2.24, 2.45) is 0 Å². The summed E-state index contributed by atoms with van der Waals surface area (Å²) in [6.45, 7) is 3.31. The van der Waals surface area contributed by atoms with Gasteiger partial charge in [-0.25, -0.2) is 9.97 Å². The molecule has 9 nitrogen and oxygen atoms in total. The van der Waals surface area contributed by atoms with E-state index in [1.54, 1.807) is 20.2 Å². The third-order valence-electron chi connectivity index (χ3n) is 6.12. The van der Waals surface area contributed by atoms with Crippen LogP contribution in [0.3, 0.4) is 0 Å². The molecule has 36 heavy (non-hydrogen) atoms. The predicted octanol–water partition coefficient (Wildman–Crippen LogP) is 5.81. The smallest absolute Gasteiger partial charge is 0.306 e. The first-order chi connectivity index (χ1) is 17.0. The minimum Gasteiger partial charge on any atom is -0.487 e. The van der Waals surface area contributed by atoms with Crippen molar-refractivity contribution in [1.29, 1.82) is 0 Å². The number of hydrogen-bond acceptors (Lipinski definition) is 7. The van der Waals surface area contributed by atoms with Crippen LogP contribution in [0.2, 0.25) is 0 Å². The SMILES string of the molecule is C.COCCOc1cnc(Nc2cc([N+](=O)[O-])c(F)cc2C)nc1-c1cn2c3c(cccc13)CCC2. The summed E-state index contributed by atoms with van der Waals surface area (Å²) in [6, 6.07) is 8.53. The molecule has 1 aliphatic rings. The summed E-state index contributed by atoms with van der Waals surface area (Å²) in [5.41, 5.74) is 4.20. The predicted molar refractivity (Wildman–Crippen MR) is 136 cm³/mol. The van der Waals surface area contributed by atoms with Gasteiger partial charge in [0.25, 0.3) is 0 Å². The molecule has 0 unspecified atom stereocenters. The van der Waals surface area contributed by atoms with Crippen molar-refractivity contribution in [2.75, 3.05) is 25.6 Å². The van der Waals surface area contributed by atoms with Gasteiger partial charge in [-0.15, -0.1) is 0 Å². The number of aromatic nitrogens is 3. The average molecular weight is 494 g/mol. The Labute approximate surface area is 208 Å². The molecule has 0 atom stereocenters. The molecule has 0 spiro atoms. The number of methoxy groups -OCH3 is 1. The molecule has 0 radical (unpaired) electrons. The number of nitrogens with one attached hydrogen (secondary N) is 1. The Balaban J connectivity index is 0.00000304. The number of anilines is 2. The highest BCUT2D eigenvalue weighted by molar-refractivity contribution is 5.98. The lowest BCUT2D eigenvalue weighted by Gasteiger charge is -2.14. The van der Waals surface area contributed by atoms with E-state index >= 15 is 0 Å². The molecule has 10 heteroatoms. The molecule has 0 amide bonds. The maximum Gasteiger partial charge on any atom is 0.306 e. The molecule has 2 aromatic carbocycles. The highest BCUT2D eigenvalue weighted by atomic mass is 19.1. The molecule has 1 aliphatic heterocycles. The lowest BCUT2D eigenvalue weighted by Crippen LogP contribution is -2.08. The summed E-state index contributed by atoms with van der Waals surface area (Å²) in [4.78, 5) is 19.5. The van der Waals surface area contributed by atoms with Gasteiger partial charge in [-0.1, -0.05) is 25.6 Å². The zero-order valence-electron chi connectivity index (χ0n) is 19.4. The second-order valence-electron chi connectivity index (χ2n) is 8.40. The maximum absolute atomic E-state index is 14.0. The Bertz CT molecular complexity index is 1440. The van der Waals surface area contributed by atoms with Gasteiger partial charge in [0.05, 0.1) is 28.9 Å². The van der Waals surface area contributed by atoms with Crippen LogP contribution in [0.15, 0.2) is 42.7 Å². The monoisotopic (exact) mass is 493 g/mol. The van der Waals surface area contributed by atoms with Crippen molar-refractivity contribution in [3.8, 4) is 17.0 Å². The van der Waals surface area contributed by atoms with Crippen LogP contribution in [0.25, 0.3) is 22.2 Å². The van der Waals surface area contributed by atoms with E-state index < -0.39 is 16.4 Å². The van der Waals surface area contributed by atoms with E-state index in [1.807, 2.05) is 6.07 Å². The molecule has 188 valence electrons. The van der Waals surface area contributed by atoms with Gasteiger partial charge in [0.15, 0.2) is 5.75 Å². The highest BCUT2D eigenvalue weighted by Crippen LogP contribution is 2.39. The van der Waals surface area contributed by atoms with Gasteiger partial charge in [0, 0.05) is 36.9 Å². The largest absolute Gasteiger partial charge is 0.487 e. The van der Waals surface area contributed by atoms with Crippen molar-refractivity contribution in [2.45, 2.75) is 33.7 Å². The lowest BCUT2D eigenvalue weighted by atomic mass is 10.0. The fourth-order valence-electron chi connectivity index (χ4n) is 4.47. The van der Waals surface area contributed by atoms with E-state index in [9.17, 15) is 14.5 Å². The van der Waals surface area contributed by atoms with Crippen LogP contribution < -0.4 is 10.1 Å². The molecule has 2 aromatic heterocycles. The number of benzene rings is 2. The number of nitro benzene ring substituents is 1. The number of ether oxygens (including phenoxy) is 2. The van der Waals surface area contributed by atoms with Crippen LogP contribution in [0.4, 0.5) is 21.7 Å². The first-order valence-corrected chi connectivity index (χ1v) is 11.3. The van der Waals surface area contributed by atoms with Gasteiger partial charge >= 0.3 is 5.69 Å². The van der Waals surface area contributed by atoms with Crippen LogP contribution >= 0.6 is 0 Å². The van der Waals surface area contributed by atoms with E-state index in [2.05, 4.69) is 33.2 Å². The Morgan fingerprint density at radius 1 is 1.28 bits per heavy atom.